The Hall–Kier alpha value is -2.70. The van der Waals surface area contributed by atoms with Gasteiger partial charge in [0.05, 0.1) is 19.8 Å². The first-order valence-electron chi connectivity index (χ1n) is 11.1. The van der Waals surface area contributed by atoms with E-state index in [0.29, 0.717) is 13.0 Å². The van der Waals surface area contributed by atoms with Crippen LogP contribution in [0.5, 0.6) is 0 Å². The lowest BCUT2D eigenvalue weighted by molar-refractivity contribution is -0.131. The standard InChI is InChI=1S/C27H30ClNO4/c1-31-29-27(30)10-6-5-9-26(33-20-32-19-21-7-3-2-4-8-21)24-13-11-22(12-14-24)23-15-17-25(28)18-16-23/h2-4,7-8,11-18,26H,5-6,9-10,19-20H2,1H3,(H,29,30). The first kappa shape index (κ1) is 24.9. The van der Waals surface area contributed by atoms with Crippen LogP contribution in [0.25, 0.3) is 11.1 Å². The van der Waals surface area contributed by atoms with Crippen molar-refractivity contribution in [2.75, 3.05) is 13.9 Å². The van der Waals surface area contributed by atoms with Crippen molar-refractivity contribution >= 4 is 17.5 Å². The summed E-state index contributed by atoms with van der Waals surface area (Å²) in [5.41, 5.74) is 6.76. The Balaban J connectivity index is 1.58. The summed E-state index contributed by atoms with van der Waals surface area (Å²) in [6, 6.07) is 26.2. The Kier molecular flexibility index (Phi) is 10.4. The molecule has 6 heteroatoms. The number of hydrogen-bond donors (Lipinski definition) is 1. The lowest BCUT2D eigenvalue weighted by Crippen LogP contribution is -2.21. The van der Waals surface area contributed by atoms with Crippen LogP contribution in [0.3, 0.4) is 0 Å². The number of rotatable bonds is 13. The molecule has 5 nitrogen and oxygen atoms in total. The SMILES string of the molecule is CONC(=O)CCCCC(OCOCc1ccccc1)c1ccc(-c2ccc(Cl)cc2)cc1. The summed E-state index contributed by atoms with van der Waals surface area (Å²) in [6.45, 7) is 0.697. The van der Waals surface area contributed by atoms with E-state index in [1.165, 1.54) is 7.11 Å². The Morgan fingerprint density at radius 3 is 2.24 bits per heavy atom. The zero-order valence-electron chi connectivity index (χ0n) is 18.8. The van der Waals surface area contributed by atoms with Crippen molar-refractivity contribution in [3.8, 4) is 11.1 Å². The molecule has 1 unspecified atom stereocenters. The van der Waals surface area contributed by atoms with Gasteiger partial charge in [0, 0.05) is 11.4 Å². The molecule has 0 aliphatic rings. The fourth-order valence-corrected chi connectivity index (χ4v) is 3.65. The van der Waals surface area contributed by atoms with Crippen molar-refractivity contribution in [3.05, 3.63) is 95.0 Å². The number of nitrogens with one attached hydrogen (secondary N) is 1. The zero-order chi connectivity index (χ0) is 23.3. The smallest absolute Gasteiger partial charge is 0.243 e. The van der Waals surface area contributed by atoms with Gasteiger partial charge in [-0.05, 0) is 47.2 Å². The molecule has 0 fully saturated rings. The van der Waals surface area contributed by atoms with E-state index < -0.39 is 0 Å². The topological polar surface area (TPSA) is 56.8 Å². The number of benzene rings is 3. The lowest BCUT2D eigenvalue weighted by Gasteiger charge is -2.19. The van der Waals surface area contributed by atoms with E-state index in [0.717, 1.165) is 46.5 Å². The van der Waals surface area contributed by atoms with Gasteiger partial charge in [-0.3, -0.25) is 9.63 Å². The molecule has 1 amide bonds. The molecule has 3 aromatic carbocycles. The third-order valence-electron chi connectivity index (χ3n) is 5.26. The van der Waals surface area contributed by atoms with Gasteiger partial charge in [-0.1, -0.05) is 84.8 Å². The van der Waals surface area contributed by atoms with Gasteiger partial charge in [0.1, 0.15) is 6.79 Å². The predicted octanol–water partition coefficient (Wildman–Crippen LogP) is 6.48. The molecular weight excluding hydrogens is 438 g/mol. The molecule has 33 heavy (non-hydrogen) atoms. The van der Waals surface area contributed by atoms with Gasteiger partial charge in [0.25, 0.3) is 0 Å². The first-order valence-corrected chi connectivity index (χ1v) is 11.4. The minimum atomic E-state index is -0.120. The van der Waals surface area contributed by atoms with Crippen LogP contribution in [0.15, 0.2) is 78.9 Å². The molecule has 0 spiro atoms. The minimum Gasteiger partial charge on any atom is -0.351 e. The second-order valence-corrected chi connectivity index (χ2v) is 8.15. The first-order chi connectivity index (χ1) is 16.2. The van der Waals surface area contributed by atoms with Crippen molar-refractivity contribution in [3.63, 3.8) is 0 Å². The fraction of sp³-hybridized carbons (Fsp3) is 0.296. The van der Waals surface area contributed by atoms with Gasteiger partial charge in [0.2, 0.25) is 5.91 Å². The highest BCUT2D eigenvalue weighted by Gasteiger charge is 2.13. The lowest BCUT2D eigenvalue weighted by atomic mass is 9.99. The van der Waals surface area contributed by atoms with Gasteiger partial charge in [0.15, 0.2) is 0 Å². The Morgan fingerprint density at radius 2 is 1.58 bits per heavy atom. The van der Waals surface area contributed by atoms with Gasteiger partial charge < -0.3 is 9.47 Å². The van der Waals surface area contributed by atoms with E-state index in [1.54, 1.807) is 0 Å². The van der Waals surface area contributed by atoms with Gasteiger partial charge in [-0.15, -0.1) is 0 Å². The van der Waals surface area contributed by atoms with Crippen LogP contribution in [-0.4, -0.2) is 19.8 Å². The average Bonchev–Trinajstić information content (AvgIpc) is 2.84. The number of unbranched alkanes of at least 4 members (excludes halogenated alkanes) is 1. The Bertz CT molecular complexity index is 962. The summed E-state index contributed by atoms with van der Waals surface area (Å²) in [4.78, 5) is 16.3. The largest absolute Gasteiger partial charge is 0.351 e. The summed E-state index contributed by atoms with van der Waals surface area (Å²) in [5.74, 6) is -0.117. The molecule has 0 heterocycles. The maximum absolute atomic E-state index is 11.6. The molecule has 0 bridgehead atoms. The van der Waals surface area contributed by atoms with E-state index in [4.69, 9.17) is 21.1 Å². The zero-order valence-corrected chi connectivity index (χ0v) is 19.6. The summed E-state index contributed by atoms with van der Waals surface area (Å²) < 4.78 is 11.8. The van der Waals surface area contributed by atoms with Crippen LogP contribution in [0.1, 0.15) is 42.9 Å². The number of carbonyl (C=O) groups is 1. The molecule has 0 saturated heterocycles. The highest BCUT2D eigenvalue weighted by Crippen LogP contribution is 2.28. The highest BCUT2D eigenvalue weighted by atomic mass is 35.5. The van der Waals surface area contributed by atoms with Crippen molar-refractivity contribution in [1.29, 1.82) is 0 Å². The number of halogens is 1. The van der Waals surface area contributed by atoms with Gasteiger partial charge in [-0.25, -0.2) is 5.48 Å². The van der Waals surface area contributed by atoms with Crippen LogP contribution >= 0.6 is 11.6 Å². The number of hydroxylamine groups is 1. The van der Waals surface area contributed by atoms with Crippen LogP contribution in [-0.2, 0) is 25.7 Å². The maximum Gasteiger partial charge on any atom is 0.243 e. The number of ether oxygens (including phenoxy) is 2. The molecular formula is C27H30ClNO4. The van der Waals surface area contributed by atoms with E-state index in [2.05, 4.69) is 34.6 Å². The normalized spacial score (nSPS) is 11.8. The van der Waals surface area contributed by atoms with Crippen molar-refractivity contribution in [2.45, 2.75) is 38.4 Å². The van der Waals surface area contributed by atoms with Crippen LogP contribution in [0.2, 0.25) is 5.02 Å². The van der Waals surface area contributed by atoms with E-state index >= 15 is 0 Å². The second-order valence-electron chi connectivity index (χ2n) is 7.71. The Morgan fingerprint density at radius 1 is 0.909 bits per heavy atom. The highest BCUT2D eigenvalue weighted by molar-refractivity contribution is 6.30. The van der Waals surface area contributed by atoms with Crippen molar-refractivity contribution in [1.82, 2.24) is 5.48 Å². The predicted molar refractivity (Wildman–Crippen MR) is 130 cm³/mol. The van der Waals surface area contributed by atoms with E-state index in [9.17, 15) is 4.79 Å². The van der Waals surface area contributed by atoms with Gasteiger partial charge >= 0.3 is 0 Å². The third kappa shape index (κ3) is 8.63. The summed E-state index contributed by atoms with van der Waals surface area (Å²) in [5, 5.41) is 0.721. The number of hydrogen-bond acceptors (Lipinski definition) is 4. The third-order valence-corrected chi connectivity index (χ3v) is 5.51. The summed E-state index contributed by atoms with van der Waals surface area (Å²) in [6.07, 6.45) is 2.68. The molecule has 0 aliphatic heterocycles. The van der Waals surface area contributed by atoms with Crippen LogP contribution in [0.4, 0.5) is 0 Å². The maximum atomic E-state index is 11.6. The Labute approximate surface area is 200 Å². The molecule has 0 saturated carbocycles. The van der Waals surface area contributed by atoms with E-state index in [-0.39, 0.29) is 18.8 Å². The average molecular weight is 468 g/mol. The molecule has 0 radical (unpaired) electrons. The molecule has 3 rings (SSSR count). The minimum absolute atomic E-state index is 0.117. The molecule has 0 aromatic heterocycles. The number of carbonyl (C=O) groups excluding carboxylic acids is 1. The van der Waals surface area contributed by atoms with Crippen molar-refractivity contribution < 1.29 is 19.1 Å². The molecule has 1 atom stereocenters. The van der Waals surface area contributed by atoms with Gasteiger partial charge in [-0.2, -0.15) is 0 Å². The molecule has 1 N–H and O–H groups in total. The quantitative estimate of drug-likeness (QED) is 0.177. The van der Waals surface area contributed by atoms with Crippen molar-refractivity contribution in [2.24, 2.45) is 0 Å². The molecule has 174 valence electrons. The summed E-state index contributed by atoms with van der Waals surface area (Å²) in [7, 11) is 1.44. The molecule has 3 aromatic rings. The fourth-order valence-electron chi connectivity index (χ4n) is 3.52. The number of amides is 1. The van der Waals surface area contributed by atoms with Crippen LogP contribution in [0, 0.1) is 0 Å². The second kappa shape index (κ2) is 13.8. The molecule has 0 aliphatic carbocycles. The van der Waals surface area contributed by atoms with E-state index in [1.807, 2.05) is 54.6 Å². The summed E-state index contributed by atoms with van der Waals surface area (Å²) >= 11 is 6.00. The monoisotopic (exact) mass is 467 g/mol. The van der Waals surface area contributed by atoms with Crippen LogP contribution < -0.4 is 5.48 Å².